The van der Waals surface area contributed by atoms with E-state index in [1.165, 1.54) is 12.5 Å². The van der Waals surface area contributed by atoms with Crippen molar-refractivity contribution in [2.75, 3.05) is 6.61 Å². The van der Waals surface area contributed by atoms with Crippen molar-refractivity contribution in [3.63, 3.8) is 0 Å². The number of carbonyl (C=O) groups excluding carboxylic acids is 1. The molecule has 0 saturated carbocycles. The van der Waals surface area contributed by atoms with Crippen molar-refractivity contribution in [1.29, 1.82) is 0 Å². The summed E-state index contributed by atoms with van der Waals surface area (Å²) < 4.78 is 11.9. The lowest BCUT2D eigenvalue weighted by atomic mass is 9.85. The molecule has 0 aromatic carbocycles. The molecule has 3 nitrogen and oxygen atoms in total. The van der Waals surface area contributed by atoms with Gasteiger partial charge in [-0.1, -0.05) is 43.7 Å². The van der Waals surface area contributed by atoms with Gasteiger partial charge in [-0.25, -0.2) is 0 Å². The van der Waals surface area contributed by atoms with Crippen molar-refractivity contribution < 1.29 is 14.3 Å². The zero-order chi connectivity index (χ0) is 18.5. The summed E-state index contributed by atoms with van der Waals surface area (Å²) in [5.74, 6) is 0.166. The van der Waals surface area contributed by atoms with Crippen LogP contribution in [0.5, 0.6) is 0 Å². The minimum Gasteiger partial charge on any atom is -0.461 e. The first kappa shape index (κ1) is 20.0. The van der Waals surface area contributed by atoms with Crippen LogP contribution in [0.3, 0.4) is 0 Å². The fourth-order valence-corrected chi connectivity index (χ4v) is 3.73. The second kappa shape index (κ2) is 8.35. The van der Waals surface area contributed by atoms with Crippen LogP contribution in [0, 0.1) is 5.92 Å². The summed E-state index contributed by atoms with van der Waals surface area (Å²) >= 11 is 0. The van der Waals surface area contributed by atoms with Crippen molar-refractivity contribution in [3.05, 3.63) is 35.5 Å². The van der Waals surface area contributed by atoms with Crippen LogP contribution >= 0.6 is 0 Å². The Balaban J connectivity index is 2.30. The van der Waals surface area contributed by atoms with E-state index < -0.39 is 0 Å². The van der Waals surface area contributed by atoms with E-state index >= 15 is 0 Å². The van der Waals surface area contributed by atoms with E-state index in [2.05, 4.69) is 52.0 Å². The maximum atomic E-state index is 11.2. The van der Waals surface area contributed by atoms with Crippen molar-refractivity contribution in [3.8, 4) is 0 Å². The largest absolute Gasteiger partial charge is 0.461 e. The topological polar surface area (TPSA) is 35.5 Å². The highest BCUT2D eigenvalue weighted by Gasteiger charge is 2.46. The van der Waals surface area contributed by atoms with Gasteiger partial charge in [-0.3, -0.25) is 4.79 Å². The van der Waals surface area contributed by atoms with E-state index in [0.717, 1.165) is 44.1 Å². The smallest absolute Gasteiger partial charge is 0.302 e. The number of hydrogen-bond acceptors (Lipinski definition) is 3. The molecular weight excluding hydrogens is 312 g/mol. The van der Waals surface area contributed by atoms with E-state index in [-0.39, 0.29) is 17.2 Å². The van der Waals surface area contributed by atoms with Crippen LogP contribution in [0.4, 0.5) is 0 Å². The predicted molar refractivity (Wildman–Crippen MR) is 102 cm³/mol. The molecule has 1 saturated heterocycles. The van der Waals surface area contributed by atoms with Gasteiger partial charge in [0, 0.05) is 6.92 Å². The summed E-state index contributed by atoms with van der Waals surface area (Å²) in [4.78, 5) is 11.2. The predicted octanol–water partition coefficient (Wildman–Crippen LogP) is 5.52. The second-order valence-electron chi connectivity index (χ2n) is 8.18. The van der Waals surface area contributed by atoms with Crippen LogP contribution in [0.15, 0.2) is 35.5 Å². The summed E-state index contributed by atoms with van der Waals surface area (Å²) in [6, 6.07) is 0. The lowest BCUT2D eigenvalue weighted by Gasteiger charge is -2.34. The maximum Gasteiger partial charge on any atom is 0.302 e. The molecule has 140 valence electrons. The summed E-state index contributed by atoms with van der Waals surface area (Å²) in [6.45, 7) is 10.7. The molecule has 2 heterocycles. The van der Waals surface area contributed by atoms with E-state index in [4.69, 9.17) is 9.47 Å². The van der Waals surface area contributed by atoms with Gasteiger partial charge in [0.1, 0.15) is 6.61 Å². The number of esters is 1. The fraction of sp³-hybridized carbons (Fsp3) is 0.682. The SMILES string of the molecule is CC(=O)OCC1=CCC/C(C)=C/CC[C@]2(C)CC[C@](C(C)C)(C=C1)O2. The normalized spacial score (nSPS) is 32.9. The highest BCUT2D eigenvalue weighted by Crippen LogP contribution is 2.45. The molecular formula is C22H34O3. The summed E-state index contributed by atoms with van der Waals surface area (Å²) in [5, 5.41) is 0. The average Bonchev–Trinajstić information content (AvgIpc) is 2.88. The van der Waals surface area contributed by atoms with E-state index in [0.29, 0.717) is 12.5 Å². The average molecular weight is 347 g/mol. The number of fused-ring (bicyclic) bond motifs is 2. The van der Waals surface area contributed by atoms with E-state index in [1.807, 2.05) is 0 Å². The van der Waals surface area contributed by atoms with E-state index in [1.54, 1.807) is 0 Å². The molecule has 2 bridgehead atoms. The summed E-state index contributed by atoms with van der Waals surface area (Å²) in [7, 11) is 0. The molecule has 1 fully saturated rings. The Morgan fingerprint density at radius 3 is 2.68 bits per heavy atom. The Kier molecular flexibility index (Phi) is 6.67. The van der Waals surface area contributed by atoms with Gasteiger partial charge in [-0.05, 0) is 63.9 Å². The van der Waals surface area contributed by atoms with Crippen LogP contribution in [0.1, 0.15) is 73.1 Å². The summed E-state index contributed by atoms with van der Waals surface area (Å²) in [6.07, 6.45) is 15.2. The van der Waals surface area contributed by atoms with Crippen LogP contribution in [0.25, 0.3) is 0 Å². The van der Waals surface area contributed by atoms with Gasteiger partial charge < -0.3 is 9.47 Å². The third kappa shape index (κ3) is 5.57. The Morgan fingerprint density at radius 2 is 2.00 bits per heavy atom. The van der Waals surface area contributed by atoms with Crippen molar-refractivity contribution >= 4 is 5.97 Å². The molecule has 0 aromatic rings. The first-order chi connectivity index (χ1) is 11.7. The standard InChI is InChI=1S/C22H34O3/c1-17(2)22-13-11-20(16-24-19(4)23)10-6-8-18(3)9-7-12-21(5,25-22)14-15-22/h9-11,13,17H,6-8,12,14-16H2,1-5H3/b13-11?,18-9+,20-10?/t21-,22+/m1/s1. The van der Waals surface area contributed by atoms with Gasteiger partial charge in [0.25, 0.3) is 0 Å². The Bertz CT molecular complexity index is 570. The molecule has 0 unspecified atom stereocenters. The third-order valence-electron chi connectivity index (χ3n) is 5.59. The minimum atomic E-state index is -0.239. The van der Waals surface area contributed by atoms with Crippen LogP contribution in [-0.4, -0.2) is 23.8 Å². The number of carbonyl (C=O) groups is 1. The summed E-state index contributed by atoms with van der Waals surface area (Å²) in [5.41, 5.74) is 2.19. The highest BCUT2D eigenvalue weighted by molar-refractivity contribution is 5.66. The zero-order valence-electron chi connectivity index (χ0n) is 16.6. The molecule has 2 atom stereocenters. The Labute approximate surface area is 153 Å². The molecule has 0 amide bonds. The zero-order valence-corrected chi connectivity index (χ0v) is 16.6. The molecule has 25 heavy (non-hydrogen) atoms. The molecule has 2 aliphatic heterocycles. The monoisotopic (exact) mass is 346 g/mol. The molecule has 3 heteroatoms. The van der Waals surface area contributed by atoms with Gasteiger partial charge in [0.2, 0.25) is 0 Å². The van der Waals surface area contributed by atoms with Gasteiger partial charge in [-0.15, -0.1) is 0 Å². The lowest BCUT2D eigenvalue weighted by molar-refractivity contribution is -0.139. The van der Waals surface area contributed by atoms with E-state index in [9.17, 15) is 4.79 Å². The molecule has 0 spiro atoms. The molecule has 2 aliphatic rings. The Hall–Kier alpha value is -1.35. The molecule has 0 aromatic heterocycles. The Morgan fingerprint density at radius 1 is 1.24 bits per heavy atom. The molecule has 0 aliphatic carbocycles. The molecule has 0 N–H and O–H groups in total. The molecule has 0 radical (unpaired) electrons. The van der Waals surface area contributed by atoms with Crippen LogP contribution < -0.4 is 0 Å². The highest BCUT2D eigenvalue weighted by atomic mass is 16.5. The first-order valence-electron chi connectivity index (χ1n) is 9.62. The fourth-order valence-electron chi connectivity index (χ4n) is 3.73. The first-order valence-corrected chi connectivity index (χ1v) is 9.62. The number of allylic oxidation sites excluding steroid dienone is 3. The number of hydrogen-bond donors (Lipinski definition) is 0. The maximum absolute atomic E-state index is 11.2. The number of rotatable bonds is 3. The van der Waals surface area contributed by atoms with Crippen molar-refractivity contribution in [2.45, 2.75) is 84.3 Å². The van der Waals surface area contributed by atoms with Crippen LogP contribution in [-0.2, 0) is 14.3 Å². The van der Waals surface area contributed by atoms with Crippen molar-refractivity contribution in [2.24, 2.45) is 5.92 Å². The van der Waals surface area contributed by atoms with Gasteiger partial charge in [-0.2, -0.15) is 0 Å². The van der Waals surface area contributed by atoms with Gasteiger partial charge >= 0.3 is 5.97 Å². The third-order valence-corrected chi connectivity index (χ3v) is 5.59. The quantitative estimate of drug-likeness (QED) is 0.499. The van der Waals surface area contributed by atoms with Crippen molar-refractivity contribution in [1.82, 2.24) is 0 Å². The lowest BCUT2D eigenvalue weighted by Crippen LogP contribution is -2.36. The van der Waals surface area contributed by atoms with Crippen LogP contribution in [0.2, 0.25) is 0 Å². The second-order valence-corrected chi connectivity index (χ2v) is 8.18. The number of ether oxygens (including phenoxy) is 2. The molecule has 2 rings (SSSR count). The van der Waals surface area contributed by atoms with Gasteiger partial charge in [0.05, 0.1) is 11.2 Å². The van der Waals surface area contributed by atoms with Gasteiger partial charge in [0.15, 0.2) is 0 Å². The minimum absolute atomic E-state index is 0.0563.